The number of rotatable bonds is 5. The number of anilines is 1. The number of likely N-dealkylation sites (tertiary alicyclic amines) is 1. The number of fused-ring (bicyclic) bond motifs is 1. The van der Waals surface area contributed by atoms with Crippen LogP contribution in [0, 0.1) is 11.3 Å². The van der Waals surface area contributed by atoms with Gasteiger partial charge in [-0.1, -0.05) is 36.4 Å². The Morgan fingerprint density at radius 3 is 2.72 bits per heavy atom. The van der Waals surface area contributed by atoms with E-state index in [0.29, 0.717) is 42.5 Å². The molecule has 7 nitrogen and oxygen atoms in total. The zero-order chi connectivity index (χ0) is 25.3. The lowest BCUT2D eigenvalue weighted by molar-refractivity contribution is -0.137. The first-order valence-corrected chi connectivity index (χ1v) is 11.5. The number of aliphatic hydroxyl groups excluding tert-OH is 1. The zero-order valence-corrected chi connectivity index (χ0v) is 19.1. The molecule has 0 amide bonds. The van der Waals surface area contributed by atoms with Crippen molar-refractivity contribution >= 4 is 16.9 Å². The highest BCUT2D eigenvalue weighted by Gasteiger charge is 2.36. The minimum absolute atomic E-state index is 0.0553. The largest absolute Gasteiger partial charge is 0.419 e. The molecule has 0 bridgehead atoms. The van der Waals surface area contributed by atoms with Gasteiger partial charge in [0.1, 0.15) is 5.56 Å². The molecule has 1 aliphatic rings. The van der Waals surface area contributed by atoms with E-state index in [0.717, 1.165) is 11.8 Å². The molecule has 2 aromatic heterocycles. The Kier molecular flexibility index (Phi) is 6.35. The average Bonchev–Trinajstić information content (AvgIpc) is 3.26. The Morgan fingerprint density at radius 2 is 1.97 bits per heavy atom. The summed E-state index contributed by atoms with van der Waals surface area (Å²) in [4.78, 5) is 13.3. The van der Waals surface area contributed by atoms with Crippen LogP contribution < -0.4 is 5.32 Å². The zero-order valence-electron chi connectivity index (χ0n) is 19.1. The fraction of sp³-hybridized carbons (Fsp3) is 0.269. The van der Waals surface area contributed by atoms with Gasteiger partial charge in [-0.3, -0.25) is 4.90 Å². The number of aliphatic hydroxyl groups is 1. The van der Waals surface area contributed by atoms with Gasteiger partial charge in [-0.15, -0.1) is 0 Å². The number of halogens is 3. The van der Waals surface area contributed by atoms with Gasteiger partial charge < -0.3 is 15.4 Å². The number of benzene rings is 2. The number of aromatic amines is 1. The molecule has 184 valence electrons. The molecule has 0 unspecified atom stereocenters. The van der Waals surface area contributed by atoms with Crippen molar-refractivity contribution in [1.82, 2.24) is 19.9 Å². The van der Waals surface area contributed by atoms with Crippen molar-refractivity contribution in [2.24, 2.45) is 0 Å². The second-order valence-electron chi connectivity index (χ2n) is 8.94. The van der Waals surface area contributed by atoms with Crippen molar-refractivity contribution in [3.63, 3.8) is 0 Å². The highest BCUT2D eigenvalue weighted by Crippen LogP contribution is 2.39. The molecule has 0 radical (unpaired) electrons. The molecule has 2 aromatic carbocycles. The van der Waals surface area contributed by atoms with Crippen LogP contribution in [0.5, 0.6) is 0 Å². The van der Waals surface area contributed by atoms with E-state index in [4.69, 9.17) is 5.26 Å². The standard InChI is InChI=1S/C26H23F3N6O/c27-26(28,29)22-12-32-25(34-24(22)21-11-31-23-8-17(10-30)6-7-20(21)23)33-18-9-19(36)15-35(14-18)13-16-4-2-1-3-5-16/h1-8,11-12,18-19,31,36H,9,13-15H2,(H,32,33,34)/t18-,19+/m0/s1. The van der Waals surface area contributed by atoms with Gasteiger partial charge >= 0.3 is 6.18 Å². The van der Waals surface area contributed by atoms with Gasteiger partial charge in [0.25, 0.3) is 0 Å². The van der Waals surface area contributed by atoms with E-state index in [1.54, 1.807) is 18.2 Å². The maximum Gasteiger partial charge on any atom is 0.419 e. The van der Waals surface area contributed by atoms with Gasteiger partial charge in [0, 0.05) is 54.5 Å². The number of piperidine rings is 1. The fourth-order valence-electron chi connectivity index (χ4n) is 4.68. The maximum atomic E-state index is 13.9. The summed E-state index contributed by atoms with van der Waals surface area (Å²) in [5.41, 5.74) is 1.10. The first-order chi connectivity index (χ1) is 17.3. The van der Waals surface area contributed by atoms with Crippen molar-refractivity contribution in [3.05, 3.63) is 77.6 Å². The van der Waals surface area contributed by atoms with E-state index in [1.807, 2.05) is 36.4 Å². The second-order valence-corrected chi connectivity index (χ2v) is 8.94. The summed E-state index contributed by atoms with van der Waals surface area (Å²) >= 11 is 0. The summed E-state index contributed by atoms with van der Waals surface area (Å²) in [6.07, 6.45) is -2.57. The number of nitrogens with zero attached hydrogens (tertiary/aromatic N) is 4. The number of aromatic nitrogens is 3. The molecular weight excluding hydrogens is 469 g/mol. The van der Waals surface area contributed by atoms with Crippen LogP contribution in [0.1, 0.15) is 23.1 Å². The second kappa shape index (κ2) is 9.60. The summed E-state index contributed by atoms with van der Waals surface area (Å²) in [6.45, 7) is 1.73. The number of H-pyrrole nitrogens is 1. The molecule has 1 aliphatic heterocycles. The lowest BCUT2D eigenvalue weighted by Gasteiger charge is -2.36. The Morgan fingerprint density at radius 1 is 1.17 bits per heavy atom. The SMILES string of the molecule is N#Cc1ccc2c(-c3nc(N[C@H]4C[C@@H](O)CN(Cc5ccccc5)C4)ncc3C(F)(F)F)c[nH]c2c1. The van der Waals surface area contributed by atoms with E-state index in [-0.39, 0.29) is 23.2 Å². The normalized spacial score (nSPS) is 18.8. The van der Waals surface area contributed by atoms with Crippen molar-refractivity contribution < 1.29 is 18.3 Å². The van der Waals surface area contributed by atoms with Crippen LogP contribution in [-0.4, -0.2) is 50.2 Å². The first kappa shape index (κ1) is 23.8. The number of hydrogen-bond donors (Lipinski definition) is 3. The summed E-state index contributed by atoms with van der Waals surface area (Å²) in [5, 5.41) is 23.2. The minimum Gasteiger partial charge on any atom is -0.392 e. The Hall–Kier alpha value is -3.94. The average molecular weight is 493 g/mol. The molecule has 0 spiro atoms. The third kappa shape index (κ3) is 5.03. The summed E-state index contributed by atoms with van der Waals surface area (Å²) < 4.78 is 41.6. The van der Waals surface area contributed by atoms with E-state index >= 15 is 0 Å². The minimum atomic E-state index is -4.66. The molecule has 3 heterocycles. The summed E-state index contributed by atoms with van der Waals surface area (Å²) in [6, 6.07) is 16.4. The number of nitriles is 1. The lowest BCUT2D eigenvalue weighted by Crippen LogP contribution is -2.48. The van der Waals surface area contributed by atoms with Crippen molar-refractivity contribution in [3.8, 4) is 17.3 Å². The van der Waals surface area contributed by atoms with E-state index in [2.05, 4.69) is 25.2 Å². The van der Waals surface area contributed by atoms with Crippen LogP contribution in [-0.2, 0) is 12.7 Å². The van der Waals surface area contributed by atoms with Gasteiger partial charge in [-0.25, -0.2) is 9.97 Å². The number of alkyl halides is 3. The highest BCUT2D eigenvalue weighted by molar-refractivity contribution is 5.96. The third-order valence-corrected chi connectivity index (χ3v) is 6.25. The summed E-state index contributed by atoms with van der Waals surface area (Å²) in [5.74, 6) is 0.0553. The molecule has 10 heteroatoms. The van der Waals surface area contributed by atoms with Crippen LogP contribution in [0.25, 0.3) is 22.2 Å². The van der Waals surface area contributed by atoms with Gasteiger partial charge in [0.05, 0.1) is 23.4 Å². The van der Waals surface area contributed by atoms with Crippen molar-refractivity contribution in [2.75, 3.05) is 18.4 Å². The Bertz CT molecular complexity index is 1410. The molecule has 3 N–H and O–H groups in total. The first-order valence-electron chi connectivity index (χ1n) is 11.5. The van der Waals surface area contributed by atoms with Gasteiger partial charge in [0.2, 0.25) is 5.95 Å². The van der Waals surface area contributed by atoms with E-state index in [1.165, 1.54) is 6.20 Å². The van der Waals surface area contributed by atoms with Crippen LogP contribution in [0.3, 0.4) is 0 Å². The van der Waals surface area contributed by atoms with Gasteiger partial charge in [-0.05, 0) is 24.1 Å². The lowest BCUT2D eigenvalue weighted by atomic mass is 10.0. The molecule has 4 aromatic rings. The van der Waals surface area contributed by atoms with Crippen LogP contribution in [0.4, 0.5) is 19.1 Å². The Balaban J connectivity index is 1.44. The predicted octanol–water partition coefficient (Wildman–Crippen LogP) is 4.56. The molecule has 0 saturated carbocycles. The summed E-state index contributed by atoms with van der Waals surface area (Å²) in [7, 11) is 0. The predicted molar refractivity (Wildman–Crippen MR) is 129 cm³/mol. The van der Waals surface area contributed by atoms with Crippen LogP contribution >= 0.6 is 0 Å². The monoisotopic (exact) mass is 492 g/mol. The molecule has 5 rings (SSSR count). The van der Waals surface area contributed by atoms with Crippen LogP contribution in [0.2, 0.25) is 0 Å². The highest BCUT2D eigenvalue weighted by atomic mass is 19.4. The van der Waals surface area contributed by atoms with Crippen molar-refractivity contribution in [2.45, 2.75) is 31.3 Å². The number of nitrogens with one attached hydrogen (secondary N) is 2. The third-order valence-electron chi connectivity index (χ3n) is 6.25. The molecule has 36 heavy (non-hydrogen) atoms. The molecule has 0 aliphatic carbocycles. The van der Waals surface area contributed by atoms with E-state index in [9.17, 15) is 18.3 Å². The fourth-order valence-corrected chi connectivity index (χ4v) is 4.68. The van der Waals surface area contributed by atoms with E-state index < -0.39 is 17.8 Å². The molecular formula is C26H23F3N6O. The van der Waals surface area contributed by atoms with Crippen molar-refractivity contribution in [1.29, 1.82) is 5.26 Å². The van der Waals surface area contributed by atoms with Crippen LogP contribution in [0.15, 0.2) is 60.9 Å². The van der Waals surface area contributed by atoms with Gasteiger partial charge in [-0.2, -0.15) is 18.4 Å². The molecule has 1 saturated heterocycles. The molecule has 1 fully saturated rings. The topological polar surface area (TPSA) is 101 Å². The van der Waals surface area contributed by atoms with Gasteiger partial charge in [0.15, 0.2) is 0 Å². The smallest absolute Gasteiger partial charge is 0.392 e. The number of hydrogen-bond acceptors (Lipinski definition) is 6. The quantitative estimate of drug-likeness (QED) is 0.378. The maximum absolute atomic E-state index is 13.9. The molecule has 2 atom stereocenters. The number of β-amino-alcohol motifs (C(OH)–C–C–N with tert-alkyl or cyclic N) is 1. The Labute approximate surface area is 205 Å².